The molecule has 20 heavy (non-hydrogen) atoms. The van der Waals surface area contributed by atoms with Crippen molar-refractivity contribution < 1.29 is 14.6 Å². The fourth-order valence-corrected chi connectivity index (χ4v) is 2.50. The van der Waals surface area contributed by atoms with Crippen LogP contribution in [0.5, 0.6) is 0 Å². The molecular weight excluding hydrogens is 256 g/mol. The first-order valence-corrected chi connectivity index (χ1v) is 7.04. The van der Waals surface area contributed by atoms with Gasteiger partial charge in [0.05, 0.1) is 12.6 Å². The Hall–Kier alpha value is -1.62. The Morgan fingerprint density at radius 2 is 2.25 bits per heavy atom. The number of methoxy groups -OCH3 is 1. The number of ether oxygens (including phenoxy) is 1. The van der Waals surface area contributed by atoms with Crippen LogP contribution < -0.4 is 5.32 Å². The number of carbonyl (C=O) groups is 1. The number of fused-ring (bicyclic) bond motifs is 1. The van der Waals surface area contributed by atoms with Gasteiger partial charge in [0.15, 0.2) is 0 Å². The van der Waals surface area contributed by atoms with Crippen molar-refractivity contribution in [3.05, 3.63) is 22.9 Å². The van der Waals surface area contributed by atoms with E-state index in [9.17, 15) is 9.90 Å². The lowest BCUT2D eigenvalue weighted by Crippen LogP contribution is -2.31. The molecule has 0 fully saturated rings. The molecule has 1 aromatic rings. The number of aromatic nitrogens is 1. The zero-order valence-corrected chi connectivity index (χ0v) is 12.3. The molecule has 0 amide bonds. The van der Waals surface area contributed by atoms with Crippen molar-refractivity contribution in [2.75, 3.05) is 19.0 Å². The van der Waals surface area contributed by atoms with E-state index in [1.807, 2.05) is 0 Å². The normalized spacial score (nSPS) is 15.2. The minimum atomic E-state index is -0.936. The molecule has 5 nitrogen and oxygen atoms in total. The van der Waals surface area contributed by atoms with Gasteiger partial charge in [-0.25, -0.2) is 9.78 Å². The summed E-state index contributed by atoms with van der Waals surface area (Å²) < 4.78 is 5.19. The lowest BCUT2D eigenvalue weighted by atomic mass is 10.0. The molecule has 0 aromatic carbocycles. The Kier molecular flexibility index (Phi) is 4.60. The largest absolute Gasteiger partial charge is 0.478 e. The average molecular weight is 278 g/mol. The molecule has 0 bridgehead atoms. The molecule has 0 saturated carbocycles. The monoisotopic (exact) mass is 278 g/mol. The number of rotatable bonds is 6. The standard InChI is InChI=1S/C15H22N2O3/c1-9(2)13(8-20-3)17-14-11(15(18)19)7-10-5-4-6-12(10)16-14/h7,9,13H,4-6,8H2,1-3H3,(H,16,17)(H,18,19). The van der Waals surface area contributed by atoms with Gasteiger partial charge in [-0.1, -0.05) is 13.8 Å². The lowest BCUT2D eigenvalue weighted by molar-refractivity contribution is 0.0697. The first kappa shape index (κ1) is 14.8. The summed E-state index contributed by atoms with van der Waals surface area (Å²) in [5.74, 6) is -0.143. The maximum atomic E-state index is 11.4. The highest BCUT2D eigenvalue weighted by molar-refractivity contribution is 5.93. The van der Waals surface area contributed by atoms with Crippen molar-refractivity contribution in [3.63, 3.8) is 0 Å². The molecule has 2 N–H and O–H groups in total. The number of aryl methyl sites for hydroxylation is 2. The number of pyridine rings is 1. The number of nitrogens with one attached hydrogen (secondary N) is 1. The van der Waals surface area contributed by atoms with Crippen LogP contribution in [0.2, 0.25) is 0 Å². The Balaban J connectivity index is 2.32. The summed E-state index contributed by atoms with van der Waals surface area (Å²) >= 11 is 0. The zero-order valence-electron chi connectivity index (χ0n) is 12.3. The zero-order chi connectivity index (χ0) is 14.7. The first-order valence-electron chi connectivity index (χ1n) is 7.04. The molecular formula is C15H22N2O3. The molecule has 0 saturated heterocycles. The molecule has 2 rings (SSSR count). The smallest absolute Gasteiger partial charge is 0.339 e. The van der Waals surface area contributed by atoms with Crippen LogP contribution in [0.3, 0.4) is 0 Å². The minimum absolute atomic E-state index is 0.0463. The molecule has 1 heterocycles. The first-order chi connectivity index (χ1) is 9.52. The third kappa shape index (κ3) is 3.10. The van der Waals surface area contributed by atoms with E-state index < -0.39 is 5.97 Å². The molecule has 0 radical (unpaired) electrons. The van der Waals surface area contributed by atoms with E-state index in [1.165, 1.54) is 0 Å². The second kappa shape index (κ2) is 6.22. The maximum Gasteiger partial charge on any atom is 0.339 e. The van der Waals surface area contributed by atoms with Crippen LogP contribution in [0.4, 0.5) is 5.82 Å². The van der Waals surface area contributed by atoms with Gasteiger partial charge in [-0.3, -0.25) is 0 Å². The fraction of sp³-hybridized carbons (Fsp3) is 0.600. The van der Waals surface area contributed by atoms with Crippen molar-refractivity contribution in [2.45, 2.75) is 39.2 Å². The Morgan fingerprint density at radius 3 is 2.85 bits per heavy atom. The van der Waals surface area contributed by atoms with Crippen molar-refractivity contribution in [3.8, 4) is 0 Å². The molecule has 1 aliphatic carbocycles. The van der Waals surface area contributed by atoms with Crippen LogP contribution in [-0.4, -0.2) is 35.8 Å². The van der Waals surface area contributed by atoms with Crippen LogP contribution in [0.25, 0.3) is 0 Å². The summed E-state index contributed by atoms with van der Waals surface area (Å²) in [6, 6.07) is 1.81. The Bertz CT molecular complexity index is 500. The van der Waals surface area contributed by atoms with Gasteiger partial charge in [0.1, 0.15) is 11.4 Å². The summed E-state index contributed by atoms with van der Waals surface area (Å²) in [6.45, 7) is 4.67. The maximum absolute atomic E-state index is 11.4. The van der Waals surface area contributed by atoms with Gasteiger partial charge < -0.3 is 15.2 Å². The van der Waals surface area contributed by atoms with Crippen LogP contribution >= 0.6 is 0 Å². The molecule has 1 atom stereocenters. The molecule has 0 aliphatic heterocycles. The number of hydrogen-bond acceptors (Lipinski definition) is 4. The highest BCUT2D eigenvalue weighted by Crippen LogP contribution is 2.26. The Labute approximate surface area is 119 Å². The third-order valence-electron chi connectivity index (χ3n) is 3.75. The summed E-state index contributed by atoms with van der Waals surface area (Å²) in [5, 5.41) is 12.6. The van der Waals surface area contributed by atoms with Crippen molar-refractivity contribution in [1.82, 2.24) is 4.98 Å². The second-order valence-electron chi connectivity index (χ2n) is 5.60. The number of carboxylic acid groups (broad SMARTS) is 1. The SMILES string of the molecule is COCC(Nc1nc2c(cc1C(=O)O)CCC2)C(C)C. The van der Waals surface area contributed by atoms with Gasteiger partial charge in [-0.15, -0.1) is 0 Å². The van der Waals surface area contributed by atoms with E-state index in [1.54, 1.807) is 13.2 Å². The van der Waals surface area contributed by atoms with Gasteiger partial charge >= 0.3 is 5.97 Å². The van der Waals surface area contributed by atoms with Crippen molar-refractivity contribution in [1.29, 1.82) is 0 Å². The van der Waals surface area contributed by atoms with E-state index in [2.05, 4.69) is 24.1 Å². The predicted molar refractivity (Wildman–Crippen MR) is 77.3 cm³/mol. The lowest BCUT2D eigenvalue weighted by Gasteiger charge is -2.23. The van der Waals surface area contributed by atoms with E-state index >= 15 is 0 Å². The van der Waals surface area contributed by atoms with Gasteiger partial charge in [0.25, 0.3) is 0 Å². The van der Waals surface area contributed by atoms with Gasteiger partial charge in [0.2, 0.25) is 0 Å². The summed E-state index contributed by atoms with van der Waals surface area (Å²) in [6.07, 6.45) is 2.91. The summed E-state index contributed by atoms with van der Waals surface area (Å²) in [5.41, 5.74) is 2.35. The van der Waals surface area contributed by atoms with Crippen molar-refractivity contribution >= 4 is 11.8 Å². The fourth-order valence-electron chi connectivity index (χ4n) is 2.50. The van der Waals surface area contributed by atoms with Crippen molar-refractivity contribution in [2.24, 2.45) is 5.92 Å². The number of aromatic carboxylic acids is 1. The number of nitrogens with zero attached hydrogens (tertiary/aromatic N) is 1. The number of anilines is 1. The molecule has 1 aliphatic rings. The Morgan fingerprint density at radius 1 is 1.50 bits per heavy atom. The van der Waals surface area contributed by atoms with Crippen LogP contribution in [-0.2, 0) is 17.6 Å². The minimum Gasteiger partial charge on any atom is -0.478 e. The predicted octanol–water partition coefficient (Wildman–Crippen LogP) is 2.35. The average Bonchev–Trinajstić information content (AvgIpc) is 2.84. The van der Waals surface area contributed by atoms with E-state index in [4.69, 9.17) is 4.74 Å². The molecule has 1 aromatic heterocycles. The van der Waals surface area contributed by atoms with Crippen LogP contribution in [0.1, 0.15) is 41.9 Å². The number of hydrogen-bond donors (Lipinski definition) is 2. The summed E-state index contributed by atoms with van der Waals surface area (Å²) in [7, 11) is 1.64. The number of carboxylic acids is 1. The third-order valence-corrected chi connectivity index (χ3v) is 3.75. The highest BCUT2D eigenvalue weighted by atomic mass is 16.5. The molecule has 110 valence electrons. The highest BCUT2D eigenvalue weighted by Gasteiger charge is 2.22. The molecule has 5 heteroatoms. The van der Waals surface area contributed by atoms with E-state index in [0.717, 1.165) is 30.5 Å². The second-order valence-corrected chi connectivity index (χ2v) is 5.60. The molecule has 0 spiro atoms. The van der Waals surface area contributed by atoms with Gasteiger partial charge in [-0.05, 0) is 36.8 Å². The molecule has 1 unspecified atom stereocenters. The van der Waals surface area contributed by atoms with E-state index in [-0.39, 0.29) is 11.6 Å². The van der Waals surface area contributed by atoms with Gasteiger partial charge in [-0.2, -0.15) is 0 Å². The van der Waals surface area contributed by atoms with Crippen LogP contribution in [0.15, 0.2) is 6.07 Å². The van der Waals surface area contributed by atoms with Crippen LogP contribution in [0, 0.1) is 5.92 Å². The summed E-state index contributed by atoms with van der Waals surface area (Å²) in [4.78, 5) is 16.0. The quantitative estimate of drug-likeness (QED) is 0.835. The van der Waals surface area contributed by atoms with Gasteiger partial charge in [0, 0.05) is 12.8 Å². The topological polar surface area (TPSA) is 71.5 Å². The van der Waals surface area contributed by atoms with E-state index in [0.29, 0.717) is 18.3 Å².